The Bertz CT molecular complexity index is 736. The third-order valence-corrected chi connectivity index (χ3v) is 5.62. The van der Waals surface area contributed by atoms with E-state index in [0.717, 1.165) is 32.4 Å². The fraction of sp³-hybridized carbons (Fsp3) is 0.526. The number of rotatable bonds is 3. The molecule has 2 aliphatic rings. The standard InChI is InChI=1S/C19H24N2O2/c1-3-7-21-11-13(19(22)23-2)8-15-14-5-4-6-16-18(14)12(10-20-16)9-17(15)21/h4-6,10,13,15,17,20H,3,7-9,11H2,1-2H3/t13?,15-,17-/m1/s1. The number of hydrogen-bond acceptors (Lipinski definition) is 3. The molecule has 1 N–H and O–H groups in total. The summed E-state index contributed by atoms with van der Waals surface area (Å²) in [5.74, 6) is 0.353. The van der Waals surface area contributed by atoms with Crippen LogP contribution in [0.5, 0.6) is 0 Å². The lowest BCUT2D eigenvalue weighted by molar-refractivity contribution is -0.148. The lowest BCUT2D eigenvalue weighted by Gasteiger charge is -2.46. The second-order valence-electron chi connectivity index (χ2n) is 6.91. The van der Waals surface area contributed by atoms with Crippen molar-refractivity contribution >= 4 is 16.9 Å². The lowest BCUT2D eigenvalue weighted by Crippen LogP contribution is -2.51. The molecular formula is C19H24N2O2. The Hall–Kier alpha value is -1.81. The molecular weight excluding hydrogens is 288 g/mol. The van der Waals surface area contributed by atoms with Crippen molar-refractivity contribution in [1.82, 2.24) is 9.88 Å². The van der Waals surface area contributed by atoms with Crippen LogP contribution in [0.1, 0.15) is 36.8 Å². The molecule has 3 atom stereocenters. The van der Waals surface area contributed by atoms with Gasteiger partial charge in [-0.15, -0.1) is 0 Å². The summed E-state index contributed by atoms with van der Waals surface area (Å²) in [6.45, 7) is 4.09. The lowest BCUT2D eigenvalue weighted by atomic mass is 9.72. The fourth-order valence-electron chi connectivity index (χ4n) is 4.68. The quantitative estimate of drug-likeness (QED) is 0.886. The molecule has 4 nitrogen and oxygen atoms in total. The van der Waals surface area contributed by atoms with Crippen LogP contribution in [-0.2, 0) is 16.0 Å². The Morgan fingerprint density at radius 1 is 1.43 bits per heavy atom. The Labute approximate surface area is 136 Å². The van der Waals surface area contributed by atoms with Gasteiger partial charge in [0.15, 0.2) is 0 Å². The molecule has 0 saturated carbocycles. The maximum absolute atomic E-state index is 12.2. The average Bonchev–Trinajstić information content (AvgIpc) is 2.99. The number of hydrogen-bond donors (Lipinski definition) is 1. The minimum absolute atomic E-state index is 0.0106. The Kier molecular flexibility index (Phi) is 3.64. The second-order valence-corrected chi connectivity index (χ2v) is 6.91. The van der Waals surface area contributed by atoms with E-state index in [1.807, 2.05) is 0 Å². The number of likely N-dealkylation sites (tertiary alicyclic amines) is 1. The Morgan fingerprint density at radius 3 is 3.09 bits per heavy atom. The summed E-state index contributed by atoms with van der Waals surface area (Å²) in [5, 5.41) is 1.38. The normalized spacial score (nSPS) is 27.0. The first-order valence-corrected chi connectivity index (χ1v) is 8.63. The van der Waals surface area contributed by atoms with E-state index in [9.17, 15) is 4.79 Å². The van der Waals surface area contributed by atoms with Gasteiger partial charge >= 0.3 is 5.97 Å². The summed E-state index contributed by atoms with van der Waals surface area (Å²) in [5.41, 5.74) is 4.05. The van der Waals surface area contributed by atoms with E-state index in [2.05, 4.69) is 41.2 Å². The molecule has 1 aliphatic carbocycles. The number of aromatic amines is 1. The number of piperidine rings is 1. The van der Waals surface area contributed by atoms with Crippen molar-refractivity contribution in [3.63, 3.8) is 0 Å². The molecule has 0 bridgehead atoms. The predicted molar refractivity (Wildman–Crippen MR) is 90.5 cm³/mol. The van der Waals surface area contributed by atoms with Crippen LogP contribution in [0.2, 0.25) is 0 Å². The van der Waals surface area contributed by atoms with Gasteiger partial charge < -0.3 is 9.72 Å². The number of benzene rings is 1. The number of ether oxygens (including phenoxy) is 1. The molecule has 0 radical (unpaired) electrons. The summed E-state index contributed by atoms with van der Waals surface area (Å²) >= 11 is 0. The van der Waals surface area contributed by atoms with Gasteiger partial charge in [0, 0.05) is 35.6 Å². The van der Waals surface area contributed by atoms with Crippen molar-refractivity contribution in [3.8, 4) is 0 Å². The molecule has 1 fully saturated rings. The van der Waals surface area contributed by atoms with Gasteiger partial charge in [-0.1, -0.05) is 19.1 Å². The van der Waals surface area contributed by atoms with Gasteiger partial charge in [0.2, 0.25) is 0 Å². The van der Waals surface area contributed by atoms with E-state index < -0.39 is 0 Å². The SMILES string of the molecule is CCCN1CC(C(=O)OC)C[C@@H]2c3cccc4[nH]cc(c34)C[C@H]21. The zero-order valence-corrected chi connectivity index (χ0v) is 13.8. The highest BCUT2D eigenvalue weighted by molar-refractivity contribution is 5.88. The smallest absolute Gasteiger partial charge is 0.309 e. The number of carbonyl (C=O) groups is 1. The molecule has 4 heteroatoms. The molecule has 23 heavy (non-hydrogen) atoms. The highest BCUT2D eigenvalue weighted by Gasteiger charge is 2.42. The molecule has 0 spiro atoms. The maximum Gasteiger partial charge on any atom is 0.309 e. The van der Waals surface area contributed by atoms with Crippen molar-refractivity contribution in [2.45, 2.75) is 38.1 Å². The molecule has 4 rings (SSSR count). The van der Waals surface area contributed by atoms with E-state index in [4.69, 9.17) is 4.74 Å². The van der Waals surface area contributed by atoms with E-state index in [1.54, 1.807) is 0 Å². The topological polar surface area (TPSA) is 45.3 Å². The second kappa shape index (κ2) is 5.68. The molecule has 1 aliphatic heterocycles. The fourth-order valence-corrected chi connectivity index (χ4v) is 4.68. The van der Waals surface area contributed by atoms with Gasteiger partial charge in [-0.3, -0.25) is 9.69 Å². The van der Waals surface area contributed by atoms with Gasteiger partial charge in [-0.05, 0) is 43.0 Å². The number of nitrogens with one attached hydrogen (secondary N) is 1. The first kappa shape index (κ1) is 14.8. The van der Waals surface area contributed by atoms with E-state index >= 15 is 0 Å². The highest BCUT2D eigenvalue weighted by atomic mass is 16.5. The van der Waals surface area contributed by atoms with Crippen LogP contribution < -0.4 is 0 Å². The summed E-state index contributed by atoms with van der Waals surface area (Å²) in [6.07, 6.45) is 5.26. The number of fused-ring (bicyclic) bond motifs is 2. The monoisotopic (exact) mass is 312 g/mol. The van der Waals surface area contributed by atoms with Crippen molar-refractivity contribution in [2.75, 3.05) is 20.2 Å². The van der Waals surface area contributed by atoms with Gasteiger partial charge in [-0.2, -0.15) is 0 Å². The van der Waals surface area contributed by atoms with Gasteiger partial charge in [-0.25, -0.2) is 0 Å². The minimum atomic E-state index is -0.0587. The molecule has 122 valence electrons. The average molecular weight is 312 g/mol. The van der Waals surface area contributed by atoms with Crippen LogP contribution in [0.15, 0.2) is 24.4 Å². The zero-order chi connectivity index (χ0) is 16.0. The van der Waals surface area contributed by atoms with Crippen molar-refractivity contribution in [3.05, 3.63) is 35.5 Å². The van der Waals surface area contributed by atoms with Crippen LogP contribution in [0.4, 0.5) is 0 Å². The first-order valence-electron chi connectivity index (χ1n) is 8.63. The third-order valence-electron chi connectivity index (χ3n) is 5.62. The van der Waals surface area contributed by atoms with Gasteiger partial charge in [0.1, 0.15) is 0 Å². The summed E-state index contributed by atoms with van der Waals surface area (Å²) in [6, 6.07) is 7.03. The van der Waals surface area contributed by atoms with Gasteiger partial charge in [0.05, 0.1) is 13.0 Å². The number of H-pyrrole nitrogens is 1. The summed E-state index contributed by atoms with van der Waals surface area (Å²) in [7, 11) is 1.50. The minimum Gasteiger partial charge on any atom is -0.469 e. The number of aromatic nitrogens is 1. The van der Waals surface area contributed by atoms with E-state index in [1.165, 1.54) is 29.1 Å². The predicted octanol–water partition coefficient (Wildman–Crippen LogP) is 3.08. The molecule has 2 heterocycles. The molecule has 1 aromatic heterocycles. The molecule has 0 amide bonds. The third kappa shape index (κ3) is 2.27. The number of nitrogens with zero attached hydrogens (tertiary/aromatic N) is 1. The molecule has 1 aromatic carbocycles. The summed E-state index contributed by atoms with van der Waals surface area (Å²) in [4.78, 5) is 18.1. The van der Waals surface area contributed by atoms with Crippen LogP contribution in [0, 0.1) is 5.92 Å². The van der Waals surface area contributed by atoms with Gasteiger partial charge in [0.25, 0.3) is 0 Å². The largest absolute Gasteiger partial charge is 0.469 e. The molecule has 1 unspecified atom stereocenters. The Balaban J connectivity index is 1.77. The summed E-state index contributed by atoms with van der Waals surface area (Å²) < 4.78 is 5.05. The number of carbonyl (C=O) groups excluding carboxylic acids is 1. The van der Waals surface area contributed by atoms with E-state index in [-0.39, 0.29) is 11.9 Å². The zero-order valence-electron chi connectivity index (χ0n) is 13.8. The first-order chi connectivity index (χ1) is 11.2. The number of esters is 1. The van der Waals surface area contributed by atoms with Crippen molar-refractivity contribution in [1.29, 1.82) is 0 Å². The maximum atomic E-state index is 12.2. The van der Waals surface area contributed by atoms with Crippen molar-refractivity contribution < 1.29 is 9.53 Å². The van der Waals surface area contributed by atoms with Crippen LogP contribution >= 0.6 is 0 Å². The van der Waals surface area contributed by atoms with Crippen LogP contribution in [0.3, 0.4) is 0 Å². The molecule has 1 saturated heterocycles. The number of methoxy groups -OCH3 is 1. The van der Waals surface area contributed by atoms with E-state index in [0.29, 0.717) is 12.0 Å². The molecule has 2 aromatic rings. The Morgan fingerprint density at radius 2 is 2.30 bits per heavy atom. The van der Waals surface area contributed by atoms with Crippen LogP contribution in [0.25, 0.3) is 10.9 Å². The highest BCUT2D eigenvalue weighted by Crippen LogP contribution is 2.44. The van der Waals surface area contributed by atoms with Crippen molar-refractivity contribution in [2.24, 2.45) is 5.92 Å². The van der Waals surface area contributed by atoms with Crippen LogP contribution in [-0.4, -0.2) is 42.1 Å².